The molecule has 2 aliphatic rings. The Hall–Kier alpha value is -2.97. The highest BCUT2D eigenvalue weighted by atomic mass is 16.6. The van der Waals surface area contributed by atoms with Crippen molar-refractivity contribution in [1.82, 2.24) is 30.0 Å². The van der Waals surface area contributed by atoms with E-state index in [1.54, 1.807) is 22.9 Å². The fourth-order valence-corrected chi connectivity index (χ4v) is 3.35. The van der Waals surface area contributed by atoms with Crippen LogP contribution in [0.25, 0.3) is 5.82 Å². The summed E-state index contributed by atoms with van der Waals surface area (Å²) in [6.07, 6.45) is 6.50. The smallest absolute Gasteiger partial charge is 0.407 e. The molecule has 1 spiro atoms. The van der Waals surface area contributed by atoms with Gasteiger partial charge in [0, 0.05) is 31.3 Å². The van der Waals surface area contributed by atoms with Gasteiger partial charge in [0.25, 0.3) is 5.91 Å². The van der Waals surface area contributed by atoms with E-state index in [1.165, 1.54) is 12.7 Å². The summed E-state index contributed by atoms with van der Waals surface area (Å²) in [6, 6.07) is 3.43. The summed E-state index contributed by atoms with van der Waals surface area (Å²) in [6.45, 7) is 1.71. The minimum absolute atomic E-state index is 0.0499. The maximum Gasteiger partial charge on any atom is 0.407 e. The summed E-state index contributed by atoms with van der Waals surface area (Å²) in [7, 11) is 0. The van der Waals surface area contributed by atoms with Crippen LogP contribution in [0.3, 0.4) is 0 Å². The minimum atomic E-state index is -0.474. The van der Waals surface area contributed by atoms with Crippen LogP contribution in [0, 0.1) is 0 Å². The van der Waals surface area contributed by atoms with Gasteiger partial charge < -0.3 is 15.0 Å². The first-order chi connectivity index (χ1) is 12.2. The molecule has 2 aliphatic heterocycles. The maximum atomic E-state index is 12.9. The van der Waals surface area contributed by atoms with E-state index in [2.05, 4.69) is 20.5 Å². The standard InChI is InChI=1S/C16H18N6O3/c23-14(12-2-5-17-13(8-12)22-10-19-20-11-22)21-6-1-3-16(4-7-21)9-18-15(24)25-16/h2,5,8,10-11H,1,3-4,6-7,9H2,(H,18,24)/t16-/m0/s1. The van der Waals surface area contributed by atoms with Crippen molar-refractivity contribution in [2.75, 3.05) is 19.6 Å². The third-order valence-corrected chi connectivity index (χ3v) is 4.72. The first-order valence-electron chi connectivity index (χ1n) is 8.22. The van der Waals surface area contributed by atoms with E-state index in [0.29, 0.717) is 37.4 Å². The Morgan fingerprint density at radius 2 is 2.08 bits per heavy atom. The van der Waals surface area contributed by atoms with Gasteiger partial charge >= 0.3 is 6.09 Å². The normalized spacial score (nSPS) is 23.2. The van der Waals surface area contributed by atoms with Crippen molar-refractivity contribution in [3.8, 4) is 5.82 Å². The fraction of sp³-hybridized carbons (Fsp3) is 0.438. The van der Waals surface area contributed by atoms with Crippen molar-refractivity contribution in [3.63, 3.8) is 0 Å². The first kappa shape index (κ1) is 15.6. The highest BCUT2D eigenvalue weighted by Crippen LogP contribution is 2.29. The fourth-order valence-electron chi connectivity index (χ4n) is 3.35. The second-order valence-electron chi connectivity index (χ2n) is 6.34. The van der Waals surface area contributed by atoms with Crippen LogP contribution in [0.5, 0.6) is 0 Å². The third kappa shape index (κ3) is 3.04. The molecule has 2 amide bonds. The lowest BCUT2D eigenvalue weighted by Gasteiger charge is -2.25. The molecule has 9 nitrogen and oxygen atoms in total. The van der Waals surface area contributed by atoms with Crippen molar-refractivity contribution in [1.29, 1.82) is 0 Å². The zero-order valence-electron chi connectivity index (χ0n) is 13.6. The number of hydrogen-bond donors (Lipinski definition) is 1. The molecule has 0 bridgehead atoms. The van der Waals surface area contributed by atoms with Crippen molar-refractivity contribution in [2.24, 2.45) is 0 Å². The molecule has 2 fully saturated rings. The topological polar surface area (TPSA) is 102 Å². The molecule has 0 aliphatic carbocycles. The van der Waals surface area contributed by atoms with Crippen LogP contribution in [0.15, 0.2) is 31.0 Å². The predicted octanol–water partition coefficient (Wildman–Crippen LogP) is 0.767. The van der Waals surface area contributed by atoms with Crippen molar-refractivity contribution < 1.29 is 14.3 Å². The van der Waals surface area contributed by atoms with E-state index < -0.39 is 5.60 Å². The number of hydrogen-bond acceptors (Lipinski definition) is 6. The molecule has 2 saturated heterocycles. The number of aromatic nitrogens is 4. The molecule has 4 heterocycles. The monoisotopic (exact) mass is 342 g/mol. The molecule has 1 N–H and O–H groups in total. The summed E-state index contributed by atoms with van der Waals surface area (Å²) >= 11 is 0. The Morgan fingerprint density at radius 1 is 1.24 bits per heavy atom. The van der Waals surface area contributed by atoms with Crippen LogP contribution in [-0.4, -0.2) is 61.9 Å². The van der Waals surface area contributed by atoms with Gasteiger partial charge in [-0.1, -0.05) is 0 Å². The van der Waals surface area contributed by atoms with Gasteiger partial charge in [-0.15, -0.1) is 10.2 Å². The number of carbonyl (C=O) groups excluding carboxylic acids is 2. The molecule has 25 heavy (non-hydrogen) atoms. The zero-order chi connectivity index (χ0) is 17.3. The average Bonchev–Trinajstić information content (AvgIpc) is 3.23. The first-order valence-corrected chi connectivity index (χ1v) is 8.22. The highest BCUT2D eigenvalue weighted by molar-refractivity contribution is 5.94. The molecule has 0 aromatic carbocycles. The highest BCUT2D eigenvalue weighted by Gasteiger charge is 2.41. The van der Waals surface area contributed by atoms with Crippen LogP contribution in [0.1, 0.15) is 29.6 Å². The van der Waals surface area contributed by atoms with Gasteiger partial charge in [0.15, 0.2) is 0 Å². The van der Waals surface area contributed by atoms with Gasteiger partial charge in [0.1, 0.15) is 24.1 Å². The lowest BCUT2D eigenvalue weighted by molar-refractivity contribution is 0.0438. The number of likely N-dealkylation sites (tertiary alicyclic amines) is 1. The number of pyridine rings is 1. The van der Waals surface area contributed by atoms with E-state index in [4.69, 9.17) is 4.74 Å². The van der Waals surface area contributed by atoms with Crippen molar-refractivity contribution in [2.45, 2.75) is 24.9 Å². The quantitative estimate of drug-likeness (QED) is 0.865. The number of amides is 2. The van der Waals surface area contributed by atoms with E-state index in [0.717, 1.165) is 12.8 Å². The van der Waals surface area contributed by atoms with Crippen molar-refractivity contribution in [3.05, 3.63) is 36.5 Å². The van der Waals surface area contributed by atoms with E-state index in [1.807, 2.05) is 4.90 Å². The molecule has 130 valence electrons. The molecule has 2 aromatic rings. The molecule has 4 rings (SSSR count). The molecule has 1 atom stereocenters. The van der Waals surface area contributed by atoms with Gasteiger partial charge in [-0.05, 0) is 25.0 Å². The number of nitrogens with one attached hydrogen (secondary N) is 1. The van der Waals surface area contributed by atoms with E-state index in [-0.39, 0.29) is 12.0 Å². The third-order valence-electron chi connectivity index (χ3n) is 4.72. The largest absolute Gasteiger partial charge is 0.441 e. The number of rotatable bonds is 2. The van der Waals surface area contributed by atoms with Gasteiger partial charge in [-0.25, -0.2) is 9.78 Å². The SMILES string of the molecule is O=C1NC[C@@]2(CCCN(C(=O)c3ccnc(-n4cnnc4)c3)CC2)O1. The zero-order valence-corrected chi connectivity index (χ0v) is 13.6. The Balaban J connectivity index is 1.50. The summed E-state index contributed by atoms with van der Waals surface area (Å²) in [4.78, 5) is 30.3. The molecule has 2 aromatic heterocycles. The molecule has 0 radical (unpaired) electrons. The Kier molecular flexibility index (Phi) is 3.83. The number of alkyl carbamates (subject to hydrolysis) is 1. The van der Waals surface area contributed by atoms with E-state index >= 15 is 0 Å². The minimum Gasteiger partial charge on any atom is -0.441 e. The lowest BCUT2D eigenvalue weighted by Crippen LogP contribution is -2.36. The number of carbonyl (C=O) groups is 2. The van der Waals surface area contributed by atoms with Gasteiger partial charge in [0.2, 0.25) is 0 Å². The second kappa shape index (κ2) is 6.15. The summed E-state index contributed by atoms with van der Waals surface area (Å²) in [5.74, 6) is 0.544. The van der Waals surface area contributed by atoms with Crippen LogP contribution in [-0.2, 0) is 4.74 Å². The summed E-state index contributed by atoms with van der Waals surface area (Å²) in [5.41, 5.74) is 0.0917. The van der Waals surface area contributed by atoms with Gasteiger partial charge in [0.05, 0.1) is 6.54 Å². The molecular weight excluding hydrogens is 324 g/mol. The van der Waals surface area contributed by atoms with Gasteiger partial charge in [-0.2, -0.15) is 0 Å². The number of ether oxygens (including phenoxy) is 1. The predicted molar refractivity (Wildman–Crippen MR) is 86.1 cm³/mol. The maximum absolute atomic E-state index is 12.9. The van der Waals surface area contributed by atoms with Crippen LogP contribution >= 0.6 is 0 Å². The lowest BCUT2D eigenvalue weighted by atomic mass is 9.95. The summed E-state index contributed by atoms with van der Waals surface area (Å²) in [5, 5.41) is 10.2. The Bertz CT molecular complexity index is 793. The van der Waals surface area contributed by atoms with Gasteiger partial charge in [-0.3, -0.25) is 9.36 Å². The second-order valence-corrected chi connectivity index (χ2v) is 6.34. The molecule has 0 saturated carbocycles. The van der Waals surface area contributed by atoms with Crippen molar-refractivity contribution >= 4 is 12.0 Å². The van der Waals surface area contributed by atoms with Crippen LogP contribution in [0.4, 0.5) is 4.79 Å². The number of nitrogens with zero attached hydrogens (tertiary/aromatic N) is 5. The Morgan fingerprint density at radius 3 is 2.84 bits per heavy atom. The molecule has 0 unspecified atom stereocenters. The van der Waals surface area contributed by atoms with E-state index in [9.17, 15) is 9.59 Å². The Labute approximate surface area is 144 Å². The van der Waals surface area contributed by atoms with Crippen LogP contribution < -0.4 is 5.32 Å². The molecule has 9 heteroatoms. The van der Waals surface area contributed by atoms with Crippen LogP contribution in [0.2, 0.25) is 0 Å². The molecular formula is C16H18N6O3. The summed E-state index contributed by atoms with van der Waals surface area (Å²) < 4.78 is 7.11. The average molecular weight is 342 g/mol.